The number of anilines is 1. The van der Waals surface area contributed by atoms with Crippen LogP contribution in [-0.2, 0) is 26.2 Å². The number of hydrogen-bond acceptors (Lipinski definition) is 5. The molecule has 0 fully saturated rings. The standard InChI is InChI=1S/C32H41N3O5S/c1-7-25(5)33-32(37)28(8-2)34(21-26-14-10-9-13-24(26)4)31(36)22-35(29-15-11-12-16-30(29)40-6)41(38,39)27-19-17-23(3)18-20-27/h9-20,25,28H,7-8,21-22H2,1-6H3,(H,33,37)/t25-,28+/m0/s1. The van der Waals surface area contributed by atoms with Gasteiger partial charge in [0.2, 0.25) is 11.8 Å². The number of para-hydroxylation sites is 2. The molecular weight excluding hydrogens is 538 g/mol. The molecule has 0 aliphatic rings. The molecule has 0 spiro atoms. The summed E-state index contributed by atoms with van der Waals surface area (Å²) in [5.41, 5.74) is 2.99. The zero-order valence-electron chi connectivity index (χ0n) is 24.8. The van der Waals surface area contributed by atoms with Crippen molar-refractivity contribution in [2.45, 2.75) is 71.0 Å². The Bertz CT molecular complexity index is 1440. The van der Waals surface area contributed by atoms with E-state index in [1.54, 1.807) is 36.4 Å². The van der Waals surface area contributed by atoms with E-state index in [0.29, 0.717) is 12.2 Å². The van der Waals surface area contributed by atoms with Gasteiger partial charge < -0.3 is 15.0 Å². The second kappa shape index (κ2) is 14.2. The highest BCUT2D eigenvalue weighted by Gasteiger charge is 2.35. The molecule has 0 radical (unpaired) electrons. The third-order valence-corrected chi connectivity index (χ3v) is 9.00. The molecule has 220 valence electrons. The Kier molecular flexibility index (Phi) is 10.9. The molecule has 2 atom stereocenters. The van der Waals surface area contributed by atoms with Crippen LogP contribution in [0.1, 0.15) is 50.3 Å². The van der Waals surface area contributed by atoms with E-state index in [9.17, 15) is 18.0 Å². The number of rotatable bonds is 13. The van der Waals surface area contributed by atoms with Crippen LogP contribution in [0.25, 0.3) is 0 Å². The van der Waals surface area contributed by atoms with Gasteiger partial charge in [0.15, 0.2) is 0 Å². The SMILES string of the molecule is CC[C@H](C(=O)N[C@@H](C)CC)N(Cc1ccccc1C)C(=O)CN(c1ccccc1OC)S(=O)(=O)c1ccc(C)cc1. The van der Waals surface area contributed by atoms with Crippen LogP contribution in [0.4, 0.5) is 5.69 Å². The monoisotopic (exact) mass is 579 g/mol. The first-order valence-electron chi connectivity index (χ1n) is 13.9. The highest BCUT2D eigenvalue weighted by molar-refractivity contribution is 7.92. The van der Waals surface area contributed by atoms with E-state index in [-0.39, 0.29) is 29.1 Å². The molecule has 0 heterocycles. The number of ether oxygens (including phenoxy) is 1. The second-order valence-corrected chi connectivity index (χ2v) is 12.0. The number of sulfonamides is 1. The van der Waals surface area contributed by atoms with Crippen LogP contribution in [0.2, 0.25) is 0 Å². The summed E-state index contributed by atoms with van der Waals surface area (Å²) < 4.78 is 34.7. The topological polar surface area (TPSA) is 96.0 Å². The fourth-order valence-electron chi connectivity index (χ4n) is 4.52. The number of nitrogens with zero attached hydrogens (tertiary/aromatic N) is 2. The lowest BCUT2D eigenvalue weighted by Gasteiger charge is -2.34. The minimum atomic E-state index is -4.18. The summed E-state index contributed by atoms with van der Waals surface area (Å²) in [7, 11) is -2.73. The van der Waals surface area contributed by atoms with E-state index in [1.807, 2.05) is 58.9 Å². The number of aryl methyl sites for hydroxylation is 2. The lowest BCUT2D eigenvalue weighted by Crippen LogP contribution is -2.53. The van der Waals surface area contributed by atoms with E-state index in [1.165, 1.54) is 24.1 Å². The van der Waals surface area contributed by atoms with E-state index in [2.05, 4.69) is 5.32 Å². The maximum atomic E-state index is 14.2. The summed E-state index contributed by atoms with van der Waals surface area (Å²) in [5.74, 6) is -0.460. The van der Waals surface area contributed by atoms with Gasteiger partial charge >= 0.3 is 0 Å². The van der Waals surface area contributed by atoms with Gasteiger partial charge in [-0.1, -0.05) is 67.9 Å². The van der Waals surface area contributed by atoms with Gasteiger partial charge in [0.25, 0.3) is 10.0 Å². The Hall–Kier alpha value is -3.85. The Balaban J connectivity index is 2.11. The molecule has 0 aliphatic carbocycles. The van der Waals surface area contributed by atoms with Gasteiger partial charge in [-0.15, -0.1) is 0 Å². The molecule has 0 bridgehead atoms. The van der Waals surface area contributed by atoms with E-state index >= 15 is 0 Å². The van der Waals surface area contributed by atoms with Crippen LogP contribution >= 0.6 is 0 Å². The van der Waals surface area contributed by atoms with Gasteiger partial charge in [0, 0.05) is 12.6 Å². The number of benzene rings is 3. The van der Waals surface area contributed by atoms with Crippen molar-refractivity contribution >= 4 is 27.5 Å². The van der Waals surface area contributed by atoms with Crippen molar-refractivity contribution in [1.29, 1.82) is 0 Å². The molecule has 0 saturated heterocycles. The van der Waals surface area contributed by atoms with Crippen LogP contribution in [0.5, 0.6) is 5.75 Å². The number of nitrogens with one attached hydrogen (secondary N) is 1. The number of carbonyl (C=O) groups is 2. The third-order valence-electron chi connectivity index (χ3n) is 7.23. The Morgan fingerprint density at radius 1 is 0.902 bits per heavy atom. The van der Waals surface area contributed by atoms with Crippen molar-refractivity contribution in [2.24, 2.45) is 0 Å². The van der Waals surface area contributed by atoms with Crippen molar-refractivity contribution in [3.05, 3.63) is 89.5 Å². The molecule has 41 heavy (non-hydrogen) atoms. The van der Waals surface area contributed by atoms with Crippen LogP contribution in [0.15, 0.2) is 77.7 Å². The Labute approximate surface area is 244 Å². The lowest BCUT2D eigenvalue weighted by atomic mass is 10.1. The van der Waals surface area contributed by atoms with Crippen molar-refractivity contribution in [2.75, 3.05) is 18.0 Å². The summed E-state index contributed by atoms with van der Waals surface area (Å²) in [6.45, 7) is 9.19. The maximum absolute atomic E-state index is 14.2. The average Bonchev–Trinajstić information content (AvgIpc) is 2.96. The molecule has 2 amide bonds. The first kappa shape index (κ1) is 31.7. The summed E-state index contributed by atoms with van der Waals surface area (Å²) >= 11 is 0. The van der Waals surface area contributed by atoms with Crippen LogP contribution in [0.3, 0.4) is 0 Å². The smallest absolute Gasteiger partial charge is 0.264 e. The minimum Gasteiger partial charge on any atom is -0.495 e. The molecule has 0 aromatic heterocycles. The normalized spacial score (nSPS) is 12.7. The third kappa shape index (κ3) is 7.67. The maximum Gasteiger partial charge on any atom is 0.264 e. The van der Waals surface area contributed by atoms with Gasteiger partial charge in [-0.05, 0) is 69.0 Å². The summed E-state index contributed by atoms with van der Waals surface area (Å²) in [4.78, 5) is 29.2. The van der Waals surface area contributed by atoms with E-state index in [0.717, 1.165) is 27.4 Å². The molecule has 0 aliphatic heterocycles. The Morgan fingerprint density at radius 2 is 1.54 bits per heavy atom. The van der Waals surface area contributed by atoms with Gasteiger partial charge in [0.05, 0.1) is 17.7 Å². The highest BCUT2D eigenvalue weighted by Crippen LogP contribution is 2.32. The Morgan fingerprint density at radius 3 is 2.15 bits per heavy atom. The molecule has 0 saturated carbocycles. The van der Waals surface area contributed by atoms with Crippen molar-refractivity contribution in [1.82, 2.24) is 10.2 Å². The number of carbonyl (C=O) groups excluding carboxylic acids is 2. The molecule has 0 unspecified atom stereocenters. The average molecular weight is 580 g/mol. The number of amides is 2. The van der Waals surface area contributed by atoms with Crippen molar-refractivity contribution in [3.63, 3.8) is 0 Å². The largest absolute Gasteiger partial charge is 0.495 e. The fourth-order valence-corrected chi connectivity index (χ4v) is 5.94. The molecule has 3 rings (SSSR count). The van der Waals surface area contributed by atoms with Gasteiger partial charge in [-0.3, -0.25) is 13.9 Å². The minimum absolute atomic E-state index is 0.0498. The highest BCUT2D eigenvalue weighted by atomic mass is 32.2. The second-order valence-electron chi connectivity index (χ2n) is 10.2. The summed E-state index contributed by atoms with van der Waals surface area (Å²) in [5, 5.41) is 3.00. The molecule has 9 heteroatoms. The number of hydrogen-bond donors (Lipinski definition) is 1. The summed E-state index contributed by atoms with van der Waals surface area (Å²) in [6.07, 6.45) is 1.10. The van der Waals surface area contributed by atoms with Crippen LogP contribution in [0, 0.1) is 13.8 Å². The fraction of sp³-hybridized carbons (Fsp3) is 0.375. The first-order chi connectivity index (χ1) is 19.5. The quantitative estimate of drug-likeness (QED) is 0.299. The molecule has 3 aromatic rings. The van der Waals surface area contributed by atoms with E-state index in [4.69, 9.17) is 4.74 Å². The molecular formula is C32H41N3O5S. The molecule has 1 N–H and O–H groups in total. The summed E-state index contributed by atoms with van der Waals surface area (Å²) in [6, 6.07) is 20.0. The predicted octanol–water partition coefficient (Wildman–Crippen LogP) is 5.23. The van der Waals surface area contributed by atoms with Gasteiger partial charge in [-0.2, -0.15) is 0 Å². The first-order valence-corrected chi connectivity index (χ1v) is 15.3. The van der Waals surface area contributed by atoms with Crippen molar-refractivity contribution in [3.8, 4) is 5.75 Å². The molecule has 8 nitrogen and oxygen atoms in total. The predicted molar refractivity (Wildman–Crippen MR) is 162 cm³/mol. The van der Waals surface area contributed by atoms with Crippen molar-refractivity contribution < 1.29 is 22.7 Å². The van der Waals surface area contributed by atoms with Gasteiger partial charge in [-0.25, -0.2) is 8.42 Å². The lowest BCUT2D eigenvalue weighted by molar-refractivity contribution is -0.140. The van der Waals surface area contributed by atoms with Crippen LogP contribution < -0.4 is 14.4 Å². The zero-order chi connectivity index (χ0) is 30.2. The van der Waals surface area contributed by atoms with Crippen LogP contribution in [-0.4, -0.2) is 50.9 Å². The van der Waals surface area contributed by atoms with E-state index < -0.39 is 28.5 Å². The van der Waals surface area contributed by atoms with Gasteiger partial charge in [0.1, 0.15) is 18.3 Å². The number of methoxy groups -OCH3 is 1. The zero-order valence-corrected chi connectivity index (χ0v) is 25.6. The molecule has 3 aromatic carbocycles.